The van der Waals surface area contributed by atoms with Gasteiger partial charge >= 0.3 is 0 Å². The van der Waals surface area contributed by atoms with Gasteiger partial charge in [0.15, 0.2) is 5.69 Å². The molecule has 2 heterocycles. The highest BCUT2D eigenvalue weighted by Gasteiger charge is 2.30. The van der Waals surface area contributed by atoms with E-state index in [-0.39, 0.29) is 30.3 Å². The molecule has 1 aromatic carbocycles. The molecule has 0 saturated carbocycles. The minimum absolute atomic E-state index is 0. The van der Waals surface area contributed by atoms with Crippen molar-refractivity contribution < 1.29 is 9.59 Å². The van der Waals surface area contributed by atoms with Crippen LogP contribution in [-0.4, -0.2) is 57.4 Å². The molecule has 1 aliphatic rings. The van der Waals surface area contributed by atoms with Gasteiger partial charge in [-0.3, -0.25) is 9.59 Å². The molecule has 164 valence electrons. The molecule has 1 atom stereocenters. The zero-order valence-corrected chi connectivity index (χ0v) is 18.6. The highest BCUT2D eigenvalue weighted by Crippen LogP contribution is 2.21. The van der Waals surface area contributed by atoms with Crippen LogP contribution in [0.15, 0.2) is 30.3 Å². The van der Waals surface area contributed by atoms with Crippen LogP contribution in [-0.2, 0) is 4.79 Å². The van der Waals surface area contributed by atoms with Gasteiger partial charge in [-0.2, -0.15) is 0 Å². The third-order valence-electron chi connectivity index (χ3n) is 5.40. The number of hydrogen-bond donors (Lipinski definition) is 2. The lowest BCUT2D eigenvalue weighted by Crippen LogP contribution is -2.46. The molecule has 8 nitrogen and oxygen atoms in total. The molecule has 2 aromatic rings. The first-order valence-electron chi connectivity index (χ1n) is 10.3. The number of nitrogens with zero attached hydrogens (tertiary/aromatic N) is 4. The van der Waals surface area contributed by atoms with Crippen LogP contribution in [0.1, 0.15) is 55.3 Å². The highest BCUT2D eigenvalue weighted by molar-refractivity contribution is 6.00. The quantitative estimate of drug-likeness (QED) is 0.699. The molecule has 0 aliphatic carbocycles. The summed E-state index contributed by atoms with van der Waals surface area (Å²) in [5.74, 6) is -0.471. The monoisotopic (exact) mass is 434 g/mol. The van der Waals surface area contributed by atoms with E-state index in [9.17, 15) is 9.59 Å². The number of carbonyl (C=O) groups excluding carboxylic acids is 2. The zero-order chi connectivity index (χ0) is 20.8. The first kappa shape index (κ1) is 23.8. The molecular weight excluding hydrogens is 404 g/mol. The Labute approximate surface area is 183 Å². The number of hydrogen-bond acceptors (Lipinski definition) is 5. The summed E-state index contributed by atoms with van der Waals surface area (Å²) in [5, 5.41) is 14.7. The maximum absolute atomic E-state index is 13.3. The first-order valence-corrected chi connectivity index (χ1v) is 10.3. The van der Waals surface area contributed by atoms with Gasteiger partial charge in [0.05, 0.1) is 11.7 Å². The Morgan fingerprint density at radius 1 is 1.27 bits per heavy atom. The lowest BCUT2D eigenvalue weighted by molar-refractivity contribution is -0.120. The van der Waals surface area contributed by atoms with Crippen molar-refractivity contribution in [3.63, 3.8) is 0 Å². The summed E-state index contributed by atoms with van der Waals surface area (Å²) in [6.07, 6.45) is 2.68. The van der Waals surface area contributed by atoms with Crippen LogP contribution >= 0.6 is 12.4 Å². The van der Waals surface area contributed by atoms with Crippen molar-refractivity contribution in [3.05, 3.63) is 41.7 Å². The average Bonchev–Trinajstić information content (AvgIpc) is 3.13. The summed E-state index contributed by atoms with van der Waals surface area (Å²) >= 11 is 0. The van der Waals surface area contributed by atoms with Crippen molar-refractivity contribution in [1.82, 2.24) is 25.2 Å². The normalized spacial score (nSPS) is 15.2. The Morgan fingerprint density at radius 2 is 1.93 bits per heavy atom. The summed E-state index contributed by atoms with van der Waals surface area (Å²) in [5.41, 5.74) is 1.80. The van der Waals surface area contributed by atoms with Gasteiger partial charge in [0.2, 0.25) is 5.91 Å². The SMILES string of the molecule is CCCN(C(=O)c1nnn(C2CCNCC2)c1C)C(C)C(=O)Nc1ccccc1.Cl. The highest BCUT2D eigenvalue weighted by atomic mass is 35.5. The van der Waals surface area contributed by atoms with Crippen LogP contribution in [0.25, 0.3) is 0 Å². The number of anilines is 1. The van der Waals surface area contributed by atoms with Crippen molar-refractivity contribution in [2.24, 2.45) is 0 Å². The molecule has 2 N–H and O–H groups in total. The lowest BCUT2D eigenvalue weighted by atomic mass is 10.1. The maximum Gasteiger partial charge on any atom is 0.276 e. The number of para-hydroxylation sites is 1. The Bertz CT molecular complexity index is 835. The molecule has 1 saturated heterocycles. The number of halogens is 1. The summed E-state index contributed by atoms with van der Waals surface area (Å²) in [6, 6.07) is 8.89. The molecule has 1 unspecified atom stereocenters. The summed E-state index contributed by atoms with van der Waals surface area (Å²) in [7, 11) is 0. The number of rotatable bonds is 7. The van der Waals surface area contributed by atoms with Gasteiger partial charge in [-0.05, 0) is 58.3 Å². The van der Waals surface area contributed by atoms with E-state index in [0.29, 0.717) is 17.9 Å². The van der Waals surface area contributed by atoms with E-state index in [1.54, 1.807) is 11.8 Å². The molecule has 0 radical (unpaired) electrons. The van der Waals surface area contributed by atoms with Crippen LogP contribution < -0.4 is 10.6 Å². The number of aromatic nitrogens is 3. The van der Waals surface area contributed by atoms with Gasteiger partial charge in [-0.15, -0.1) is 17.5 Å². The van der Waals surface area contributed by atoms with Crippen LogP contribution in [0, 0.1) is 6.92 Å². The number of amides is 2. The first-order chi connectivity index (χ1) is 14.0. The summed E-state index contributed by atoms with van der Waals surface area (Å²) in [6.45, 7) is 7.97. The third kappa shape index (κ3) is 5.37. The molecule has 2 amide bonds. The van der Waals surface area contributed by atoms with Gasteiger partial charge in [0.25, 0.3) is 5.91 Å². The third-order valence-corrected chi connectivity index (χ3v) is 5.40. The second-order valence-electron chi connectivity index (χ2n) is 7.48. The van der Waals surface area contributed by atoms with E-state index >= 15 is 0 Å². The van der Waals surface area contributed by atoms with Gasteiger partial charge in [0, 0.05) is 12.2 Å². The fourth-order valence-corrected chi connectivity index (χ4v) is 3.69. The Morgan fingerprint density at radius 3 is 2.57 bits per heavy atom. The molecule has 3 rings (SSSR count). The Hall–Kier alpha value is -2.45. The largest absolute Gasteiger partial charge is 0.325 e. The van der Waals surface area contributed by atoms with E-state index in [2.05, 4.69) is 20.9 Å². The molecular formula is C21H31ClN6O2. The predicted octanol–water partition coefficient (Wildman–Crippen LogP) is 2.81. The van der Waals surface area contributed by atoms with Crippen molar-refractivity contribution in [3.8, 4) is 0 Å². The van der Waals surface area contributed by atoms with Gasteiger partial charge in [-0.25, -0.2) is 4.68 Å². The molecule has 1 fully saturated rings. The van der Waals surface area contributed by atoms with Crippen molar-refractivity contribution in [2.45, 2.75) is 52.1 Å². The van der Waals surface area contributed by atoms with Crippen molar-refractivity contribution in [1.29, 1.82) is 0 Å². The number of carbonyl (C=O) groups is 2. The molecule has 1 aromatic heterocycles. The number of benzene rings is 1. The molecule has 9 heteroatoms. The predicted molar refractivity (Wildman–Crippen MR) is 119 cm³/mol. The Balaban J connectivity index is 0.00000320. The van der Waals surface area contributed by atoms with E-state index in [4.69, 9.17) is 0 Å². The van der Waals surface area contributed by atoms with Gasteiger partial charge in [0.1, 0.15) is 6.04 Å². The Kier molecular flexibility index (Phi) is 8.80. The fraction of sp³-hybridized carbons (Fsp3) is 0.524. The topological polar surface area (TPSA) is 92.2 Å². The number of nitrogens with one attached hydrogen (secondary N) is 2. The second kappa shape index (κ2) is 11.1. The van der Waals surface area contributed by atoms with Crippen LogP contribution in [0.3, 0.4) is 0 Å². The van der Waals surface area contributed by atoms with Gasteiger partial charge < -0.3 is 15.5 Å². The van der Waals surface area contributed by atoms with Crippen LogP contribution in [0.5, 0.6) is 0 Å². The van der Waals surface area contributed by atoms with Crippen molar-refractivity contribution >= 4 is 29.9 Å². The summed E-state index contributed by atoms with van der Waals surface area (Å²) < 4.78 is 1.87. The minimum atomic E-state index is -0.619. The minimum Gasteiger partial charge on any atom is -0.325 e. The van der Waals surface area contributed by atoms with Crippen LogP contribution in [0.2, 0.25) is 0 Å². The van der Waals surface area contributed by atoms with E-state index in [0.717, 1.165) is 38.0 Å². The smallest absolute Gasteiger partial charge is 0.276 e. The number of piperidine rings is 1. The molecule has 1 aliphatic heterocycles. The average molecular weight is 435 g/mol. The molecule has 0 bridgehead atoms. The zero-order valence-electron chi connectivity index (χ0n) is 17.8. The lowest BCUT2D eigenvalue weighted by Gasteiger charge is -2.28. The molecule has 30 heavy (non-hydrogen) atoms. The van der Waals surface area contributed by atoms with E-state index in [1.807, 2.05) is 48.9 Å². The van der Waals surface area contributed by atoms with E-state index < -0.39 is 6.04 Å². The standard InChI is InChI=1S/C21H30N6O2.ClH/c1-4-14-26(16(3)20(28)23-17-8-6-5-7-9-17)21(29)19-15(2)27(25-24-19)18-10-12-22-13-11-18;/h5-9,16,18,22H,4,10-14H2,1-3H3,(H,23,28);1H. The van der Waals surface area contributed by atoms with Gasteiger partial charge in [-0.1, -0.05) is 30.3 Å². The van der Waals surface area contributed by atoms with E-state index in [1.165, 1.54) is 0 Å². The summed E-state index contributed by atoms with van der Waals surface area (Å²) in [4.78, 5) is 27.6. The molecule has 0 spiro atoms. The van der Waals surface area contributed by atoms with Crippen LogP contribution in [0.4, 0.5) is 5.69 Å². The maximum atomic E-state index is 13.3. The second-order valence-corrected chi connectivity index (χ2v) is 7.48. The fourth-order valence-electron chi connectivity index (χ4n) is 3.69. The van der Waals surface area contributed by atoms with Crippen molar-refractivity contribution in [2.75, 3.05) is 25.0 Å².